The Morgan fingerprint density at radius 3 is 1.29 bits per heavy atom. The summed E-state index contributed by atoms with van der Waals surface area (Å²) in [5, 5.41) is 0. The molecule has 0 amide bonds. The van der Waals surface area contributed by atoms with E-state index in [-0.39, 0.29) is 11.9 Å². The largest absolute Gasteiger partial charge is 0.462 e. The Bertz CT molecular complexity index is 667. The third-order valence-electron chi connectivity index (χ3n) is 4.54. The summed E-state index contributed by atoms with van der Waals surface area (Å²) < 4.78 is 10.5. The Morgan fingerprint density at radius 2 is 0.964 bits per heavy atom. The first-order chi connectivity index (χ1) is 13.7. The van der Waals surface area contributed by atoms with Crippen molar-refractivity contribution in [3.05, 3.63) is 59.7 Å². The molecule has 0 aliphatic rings. The van der Waals surface area contributed by atoms with Gasteiger partial charge < -0.3 is 9.47 Å². The van der Waals surface area contributed by atoms with Crippen LogP contribution in [0.15, 0.2) is 48.5 Å². The highest BCUT2D eigenvalue weighted by atomic mass is 16.5. The first-order valence-electron chi connectivity index (χ1n) is 10.2. The molecule has 0 heterocycles. The van der Waals surface area contributed by atoms with Gasteiger partial charge in [-0.3, -0.25) is 0 Å². The zero-order chi connectivity index (χ0) is 20.2. The van der Waals surface area contributed by atoms with Crippen LogP contribution >= 0.6 is 0 Å². The van der Waals surface area contributed by atoms with E-state index >= 15 is 0 Å². The van der Waals surface area contributed by atoms with E-state index < -0.39 is 0 Å². The number of benzene rings is 2. The van der Waals surface area contributed by atoms with Gasteiger partial charge in [0.1, 0.15) is 0 Å². The molecule has 2 rings (SSSR count). The lowest BCUT2D eigenvalue weighted by atomic mass is 10.0. The molecule has 4 heteroatoms. The van der Waals surface area contributed by atoms with Gasteiger partial charge >= 0.3 is 11.9 Å². The van der Waals surface area contributed by atoms with Crippen molar-refractivity contribution in [2.24, 2.45) is 0 Å². The van der Waals surface area contributed by atoms with Crippen LogP contribution in [-0.2, 0) is 9.47 Å². The first-order valence-corrected chi connectivity index (χ1v) is 10.2. The monoisotopic (exact) mass is 382 g/mol. The summed E-state index contributed by atoms with van der Waals surface area (Å²) in [6.45, 7) is 5.15. The molecule has 0 saturated carbocycles. The number of hydrogen-bond donors (Lipinski definition) is 0. The van der Waals surface area contributed by atoms with E-state index in [9.17, 15) is 9.59 Å². The van der Waals surface area contributed by atoms with Crippen molar-refractivity contribution in [1.82, 2.24) is 0 Å². The minimum absolute atomic E-state index is 0.288. The summed E-state index contributed by atoms with van der Waals surface area (Å²) in [6, 6.07) is 14.6. The maximum atomic E-state index is 12.0. The molecule has 150 valence electrons. The molecule has 0 N–H and O–H groups in total. The van der Waals surface area contributed by atoms with Crippen LogP contribution in [0, 0.1) is 0 Å². The Balaban J connectivity index is 1.91. The third kappa shape index (κ3) is 6.84. The van der Waals surface area contributed by atoms with Crippen LogP contribution in [-0.4, -0.2) is 25.2 Å². The Labute approximate surface area is 167 Å². The molecule has 4 nitrogen and oxygen atoms in total. The Kier molecular flexibility index (Phi) is 9.26. The fraction of sp³-hybridized carbons (Fsp3) is 0.417. The van der Waals surface area contributed by atoms with E-state index in [0.717, 1.165) is 49.7 Å². The lowest BCUT2D eigenvalue weighted by Crippen LogP contribution is -2.06. The van der Waals surface area contributed by atoms with Gasteiger partial charge in [-0.05, 0) is 48.2 Å². The molecule has 2 aromatic carbocycles. The molecule has 0 unspecified atom stereocenters. The highest BCUT2D eigenvalue weighted by Gasteiger charge is 2.09. The van der Waals surface area contributed by atoms with E-state index in [1.807, 2.05) is 24.3 Å². The zero-order valence-electron chi connectivity index (χ0n) is 16.9. The van der Waals surface area contributed by atoms with Gasteiger partial charge in [-0.25, -0.2) is 9.59 Å². The van der Waals surface area contributed by atoms with E-state index in [2.05, 4.69) is 13.8 Å². The SMILES string of the molecule is CCCCCOC(=O)c1ccc(-c2ccc(C(=O)OCCCCC)cc2)cc1. The van der Waals surface area contributed by atoms with Crippen molar-refractivity contribution < 1.29 is 19.1 Å². The minimum atomic E-state index is -0.288. The maximum absolute atomic E-state index is 12.0. The smallest absolute Gasteiger partial charge is 0.338 e. The van der Waals surface area contributed by atoms with Gasteiger partial charge in [0.15, 0.2) is 0 Å². The number of carbonyl (C=O) groups is 2. The molecule has 28 heavy (non-hydrogen) atoms. The van der Waals surface area contributed by atoms with Crippen molar-refractivity contribution in [1.29, 1.82) is 0 Å². The molecular formula is C24H30O4. The summed E-state index contributed by atoms with van der Waals surface area (Å²) in [4.78, 5) is 24.1. The van der Waals surface area contributed by atoms with Gasteiger partial charge in [-0.1, -0.05) is 63.8 Å². The van der Waals surface area contributed by atoms with Crippen molar-refractivity contribution >= 4 is 11.9 Å². The molecule has 0 spiro atoms. The standard InChI is InChI=1S/C24H30O4/c1-3-5-7-17-27-23(25)21-13-9-19(10-14-21)20-11-15-22(16-12-20)24(26)28-18-8-6-4-2/h9-16H,3-8,17-18H2,1-2H3. The van der Waals surface area contributed by atoms with Gasteiger partial charge in [0, 0.05) is 0 Å². The van der Waals surface area contributed by atoms with Crippen molar-refractivity contribution in [3.8, 4) is 11.1 Å². The molecule has 0 atom stereocenters. The van der Waals surface area contributed by atoms with E-state index in [4.69, 9.17) is 9.47 Å². The normalized spacial score (nSPS) is 10.5. The zero-order valence-corrected chi connectivity index (χ0v) is 16.9. The minimum Gasteiger partial charge on any atom is -0.462 e. The molecule has 0 fully saturated rings. The van der Waals surface area contributed by atoms with Crippen molar-refractivity contribution in [3.63, 3.8) is 0 Å². The number of rotatable bonds is 11. The number of unbranched alkanes of at least 4 members (excludes halogenated alkanes) is 4. The molecule has 0 saturated heterocycles. The molecular weight excluding hydrogens is 352 g/mol. The van der Waals surface area contributed by atoms with Crippen molar-refractivity contribution in [2.45, 2.75) is 52.4 Å². The van der Waals surface area contributed by atoms with Crippen LogP contribution in [0.4, 0.5) is 0 Å². The average Bonchev–Trinajstić information content (AvgIpc) is 2.74. The molecule has 0 bridgehead atoms. The number of ether oxygens (including phenoxy) is 2. The molecule has 0 radical (unpaired) electrons. The highest BCUT2D eigenvalue weighted by Crippen LogP contribution is 2.21. The number of hydrogen-bond acceptors (Lipinski definition) is 4. The van der Waals surface area contributed by atoms with Crippen LogP contribution in [0.3, 0.4) is 0 Å². The Hall–Kier alpha value is -2.62. The van der Waals surface area contributed by atoms with Crippen LogP contribution in [0.1, 0.15) is 73.1 Å². The summed E-state index contributed by atoms with van der Waals surface area (Å²) in [5.41, 5.74) is 3.05. The van der Waals surface area contributed by atoms with Crippen LogP contribution in [0.25, 0.3) is 11.1 Å². The van der Waals surface area contributed by atoms with E-state index in [1.165, 1.54) is 0 Å². The number of carbonyl (C=O) groups excluding carboxylic acids is 2. The van der Waals surface area contributed by atoms with Crippen molar-refractivity contribution in [2.75, 3.05) is 13.2 Å². The second-order valence-corrected chi connectivity index (χ2v) is 6.84. The fourth-order valence-electron chi connectivity index (χ4n) is 2.80. The predicted octanol–water partition coefficient (Wildman–Crippen LogP) is 6.05. The summed E-state index contributed by atoms with van der Waals surface area (Å²) >= 11 is 0. The van der Waals surface area contributed by atoms with E-state index in [1.54, 1.807) is 24.3 Å². The summed E-state index contributed by atoms with van der Waals surface area (Å²) in [7, 11) is 0. The molecule has 0 aromatic heterocycles. The quantitative estimate of drug-likeness (QED) is 0.351. The summed E-state index contributed by atoms with van der Waals surface area (Å²) in [5.74, 6) is -0.576. The second kappa shape index (κ2) is 12.0. The van der Waals surface area contributed by atoms with Gasteiger partial charge in [0.2, 0.25) is 0 Å². The van der Waals surface area contributed by atoms with Gasteiger partial charge in [-0.2, -0.15) is 0 Å². The van der Waals surface area contributed by atoms with Gasteiger partial charge in [-0.15, -0.1) is 0 Å². The van der Waals surface area contributed by atoms with Crippen LogP contribution < -0.4 is 0 Å². The van der Waals surface area contributed by atoms with Gasteiger partial charge in [0.05, 0.1) is 24.3 Å². The summed E-state index contributed by atoms with van der Waals surface area (Å²) in [6.07, 6.45) is 6.12. The van der Waals surface area contributed by atoms with E-state index in [0.29, 0.717) is 24.3 Å². The second-order valence-electron chi connectivity index (χ2n) is 6.84. The lowest BCUT2D eigenvalue weighted by Gasteiger charge is -2.07. The lowest BCUT2D eigenvalue weighted by molar-refractivity contribution is 0.0489. The maximum Gasteiger partial charge on any atom is 0.338 e. The molecule has 2 aromatic rings. The average molecular weight is 383 g/mol. The molecule has 0 aliphatic heterocycles. The van der Waals surface area contributed by atoms with Gasteiger partial charge in [0.25, 0.3) is 0 Å². The topological polar surface area (TPSA) is 52.6 Å². The first kappa shape index (κ1) is 21.7. The van der Waals surface area contributed by atoms with Crippen LogP contribution in [0.2, 0.25) is 0 Å². The van der Waals surface area contributed by atoms with Crippen LogP contribution in [0.5, 0.6) is 0 Å². The molecule has 0 aliphatic carbocycles. The third-order valence-corrected chi connectivity index (χ3v) is 4.54. The Morgan fingerprint density at radius 1 is 0.607 bits per heavy atom. The predicted molar refractivity (Wildman–Crippen MR) is 111 cm³/mol. The fourth-order valence-corrected chi connectivity index (χ4v) is 2.80. The number of esters is 2. The highest BCUT2D eigenvalue weighted by molar-refractivity contribution is 5.91.